The van der Waals surface area contributed by atoms with E-state index in [9.17, 15) is 18.0 Å². The molecular formula is C16H15F3N2OS. The molecule has 0 N–H and O–H groups in total. The Hall–Kier alpha value is -1.86. The zero-order valence-corrected chi connectivity index (χ0v) is 13.0. The van der Waals surface area contributed by atoms with Crippen LogP contribution in [0.5, 0.6) is 0 Å². The molecule has 2 heterocycles. The number of nitrogens with zero attached hydrogens (tertiary/aromatic N) is 2. The van der Waals surface area contributed by atoms with Crippen molar-refractivity contribution in [2.45, 2.75) is 19.3 Å². The lowest BCUT2D eigenvalue weighted by molar-refractivity contribution is -0.170. The summed E-state index contributed by atoms with van der Waals surface area (Å²) in [4.78, 5) is 14.6. The van der Waals surface area contributed by atoms with Gasteiger partial charge in [0, 0.05) is 31.7 Å². The van der Waals surface area contributed by atoms with Gasteiger partial charge >= 0.3 is 12.1 Å². The van der Waals surface area contributed by atoms with Crippen LogP contribution in [0.2, 0.25) is 0 Å². The third kappa shape index (κ3) is 3.56. The maximum Gasteiger partial charge on any atom is 0.471 e. The molecular weight excluding hydrogens is 325 g/mol. The minimum atomic E-state index is -4.85. The molecule has 0 saturated heterocycles. The van der Waals surface area contributed by atoms with Crippen LogP contribution in [0.25, 0.3) is 0 Å². The Labute approximate surface area is 135 Å². The third-order valence-electron chi connectivity index (χ3n) is 3.74. The van der Waals surface area contributed by atoms with E-state index in [-0.39, 0.29) is 6.54 Å². The van der Waals surface area contributed by atoms with E-state index in [1.54, 1.807) is 11.4 Å². The van der Waals surface area contributed by atoms with E-state index in [1.807, 2.05) is 30.3 Å². The lowest BCUT2D eigenvalue weighted by Crippen LogP contribution is -2.43. The van der Waals surface area contributed by atoms with Gasteiger partial charge < -0.3 is 0 Å². The summed E-state index contributed by atoms with van der Waals surface area (Å²) in [7, 11) is 0. The highest BCUT2D eigenvalue weighted by molar-refractivity contribution is 7.14. The SMILES string of the molecule is O=C(N1CCN(Cc2ccccc2)Cc2ccsc21)C(F)(F)F. The van der Waals surface area contributed by atoms with Gasteiger partial charge in [-0.25, -0.2) is 0 Å². The number of hydrogen-bond donors (Lipinski definition) is 0. The summed E-state index contributed by atoms with van der Waals surface area (Å²) in [5.41, 5.74) is 1.86. The summed E-state index contributed by atoms with van der Waals surface area (Å²) in [5, 5.41) is 2.13. The number of alkyl halides is 3. The van der Waals surface area contributed by atoms with Crippen LogP contribution in [0, 0.1) is 0 Å². The molecule has 3 rings (SSSR count). The highest BCUT2D eigenvalue weighted by Crippen LogP contribution is 2.34. The average Bonchev–Trinajstić information content (AvgIpc) is 2.89. The Balaban J connectivity index is 1.81. The standard InChI is InChI=1S/C16H15F3N2OS/c17-16(18,19)15(22)21-8-7-20(10-12-4-2-1-3-5-12)11-13-6-9-23-14(13)21/h1-6,9H,7-8,10-11H2. The molecule has 0 fully saturated rings. The topological polar surface area (TPSA) is 23.6 Å². The van der Waals surface area contributed by atoms with Crippen molar-refractivity contribution in [3.8, 4) is 0 Å². The molecule has 1 aromatic heterocycles. The Kier molecular flexibility index (Phi) is 4.41. The van der Waals surface area contributed by atoms with Crippen LogP contribution in [0.4, 0.5) is 18.2 Å². The number of amides is 1. The van der Waals surface area contributed by atoms with E-state index in [0.29, 0.717) is 24.6 Å². The van der Waals surface area contributed by atoms with Crippen LogP contribution in [0.15, 0.2) is 41.8 Å². The van der Waals surface area contributed by atoms with E-state index in [2.05, 4.69) is 4.90 Å². The Morgan fingerprint density at radius 3 is 2.57 bits per heavy atom. The van der Waals surface area contributed by atoms with Crippen molar-refractivity contribution >= 4 is 22.2 Å². The van der Waals surface area contributed by atoms with Crippen LogP contribution >= 0.6 is 11.3 Å². The summed E-state index contributed by atoms with van der Waals surface area (Å²) >= 11 is 1.18. The highest BCUT2D eigenvalue weighted by Gasteiger charge is 2.44. The Morgan fingerprint density at radius 1 is 1.13 bits per heavy atom. The monoisotopic (exact) mass is 340 g/mol. The molecule has 0 aliphatic carbocycles. The molecule has 0 bridgehead atoms. The average molecular weight is 340 g/mol. The summed E-state index contributed by atoms with van der Waals surface area (Å²) in [6.45, 7) is 1.62. The van der Waals surface area contributed by atoms with E-state index in [1.165, 1.54) is 11.3 Å². The second kappa shape index (κ2) is 6.33. The van der Waals surface area contributed by atoms with Gasteiger partial charge in [0.25, 0.3) is 0 Å². The number of thiophene rings is 1. The van der Waals surface area contributed by atoms with Crippen molar-refractivity contribution in [2.24, 2.45) is 0 Å². The molecule has 1 aliphatic rings. The predicted molar refractivity (Wildman–Crippen MR) is 83.3 cm³/mol. The molecule has 23 heavy (non-hydrogen) atoms. The van der Waals surface area contributed by atoms with Crippen LogP contribution in [-0.4, -0.2) is 30.1 Å². The molecule has 1 aromatic carbocycles. The molecule has 0 radical (unpaired) electrons. The van der Waals surface area contributed by atoms with Gasteiger partial charge in [-0.2, -0.15) is 13.2 Å². The first-order chi connectivity index (χ1) is 10.9. The van der Waals surface area contributed by atoms with E-state index < -0.39 is 12.1 Å². The maximum absolute atomic E-state index is 12.8. The van der Waals surface area contributed by atoms with Crippen molar-refractivity contribution < 1.29 is 18.0 Å². The first kappa shape index (κ1) is 16.0. The largest absolute Gasteiger partial charge is 0.471 e. The van der Waals surface area contributed by atoms with E-state index in [0.717, 1.165) is 16.0 Å². The van der Waals surface area contributed by atoms with E-state index >= 15 is 0 Å². The maximum atomic E-state index is 12.8. The van der Waals surface area contributed by atoms with Gasteiger partial charge in [0.2, 0.25) is 0 Å². The summed E-state index contributed by atoms with van der Waals surface area (Å²) < 4.78 is 38.4. The first-order valence-electron chi connectivity index (χ1n) is 7.16. The van der Waals surface area contributed by atoms with Gasteiger partial charge in [0.15, 0.2) is 0 Å². The number of hydrogen-bond acceptors (Lipinski definition) is 3. The molecule has 0 spiro atoms. The minimum Gasteiger partial charge on any atom is -0.294 e. The van der Waals surface area contributed by atoms with Gasteiger partial charge in [0.1, 0.15) is 5.00 Å². The highest BCUT2D eigenvalue weighted by atomic mass is 32.1. The second-order valence-corrected chi connectivity index (χ2v) is 6.30. The number of benzene rings is 1. The number of fused-ring (bicyclic) bond motifs is 1. The molecule has 1 aliphatic heterocycles. The van der Waals surface area contributed by atoms with Crippen LogP contribution in [-0.2, 0) is 17.9 Å². The lowest BCUT2D eigenvalue weighted by atomic mass is 10.2. The number of carbonyl (C=O) groups excluding carboxylic acids is 1. The zero-order chi connectivity index (χ0) is 16.4. The fraction of sp³-hybridized carbons (Fsp3) is 0.312. The third-order valence-corrected chi connectivity index (χ3v) is 4.72. The Bertz CT molecular complexity index is 684. The number of anilines is 1. The van der Waals surface area contributed by atoms with Crippen molar-refractivity contribution in [1.82, 2.24) is 4.90 Å². The molecule has 0 atom stereocenters. The Morgan fingerprint density at radius 2 is 1.87 bits per heavy atom. The summed E-state index contributed by atoms with van der Waals surface area (Å²) in [6, 6.07) is 11.5. The molecule has 3 nitrogen and oxygen atoms in total. The fourth-order valence-corrected chi connectivity index (χ4v) is 3.62. The number of carbonyl (C=O) groups is 1. The summed E-state index contributed by atoms with van der Waals surface area (Å²) in [5.74, 6) is -1.79. The summed E-state index contributed by atoms with van der Waals surface area (Å²) in [6.07, 6.45) is -4.85. The second-order valence-electron chi connectivity index (χ2n) is 5.40. The predicted octanol–water partition coefficient (Wildman–Crippen LogP) is 3.66. The molecule has 2 aromatic rings. The normalized spacial score (nSPS) is 16.0. The van der Waals surface area contributed by atoms with E-state index in [4.69, 9.17) is 0 Å². The molecule has 122 valence electrons. The quantitative estimate of drug-likeness (QED) is 0.833. The van der Waals surface area contributed by atoms with Gasteiger partial charge in [-0.1, -0.05) is 30.3 Å². The van der Waals surface area contributed by atoms with Crippen molar-refractivity contribution in [3.63, 3.8) is 0 Å². The van der Waals surface area contributed by atoms with Crippen molar-refractivity contribution in [2.75, 3.05) is 18.0 Å². The van der Waals surface area contributed by atoms with Gasteiger partial charge in [-0.05, 0) is 17.0 Å². The smallest absolute Gasteiger partial charge is 0.294 e. The van der Waals surface area contributed by atoms with Crippen LogP contribution in [0.1, 0.15) is 11.1 Å². The lowest BCUT2D eigenvalue weighted by Gasteiger charge is -2.23. The molecule has 0 saturated carbocycles. The van der Waals surface area contributed by atoms with Gasteiger partial charge in [-0.15, -0.1) is 11.3 Å². The number of halogens is 3. The molecule has 1 amide bonds. The van der Waals surface area contributed by atoms with Gasteiger partial charge in [0.05, 0.1) is 0 Å². The fourth-order valence-electron chi connectivity index (χ4n) is 2.67. The van der Waals surface area contributed by atoms with Crippen molar-refractivity contribution in [1.29, 1.82) is 0 Å². The minimum absolute atomic E-state index is 0.0404. The zero-order valence-electron chi connectivity index (χ0n) is 12.2. The first-order valence-corrected chi connectivity index (χ1v) is 8.04. The molecule has 0 unspecified atom stereocenters. The molecule has 7 heteroatoms. The van der Waals surface area contributed by atoms with Crippen LogP contribution < -0.4 is 4.90 Å². The number of rotatable bonds is 2. The van der Waals surface area contributed by atoms with Crippen LogP contribution in [0.3, 0.4) is 0 Å². The van der Waals surface area contributed by atoms with Gasteiger partial charge in [-0.3, -0.25) is 14.6 Å². The van der Waals surface area contributed by atoms with Crippen molar-refractivity contribution in [3.05, 3.63) is 52.9 Å².